The summed E-state index contributed by atoms with van der Waals surface area (Å²) in [6, 6.07) is 0.430. The van der Waals surface area contributed by atoms with Crippen LogP contribution >= 0.6 is 0 Å². The van der Waals surface area contributed by atoms with Crippen molar-refractivity contribution in [1.29, 1.82) is 0 Å². The summed E-state index contributed by atoms with van der Waals surface area (Å²) in [4.78, 5) is 3.49. The van der Waals surface area contributed by atoms with E-state index in [0.717, 1.165) is 13.0 Å². The summed E-state index contributed by atoms with van der Waals surface area (Å²) >= 11 is 0. The Morgan fingerprint density at radius 3 is 2.93 bits per heavy atom. The van der Waals surface area contributed by atoms with Gasteiger partial charge >= 0.3 is 0 Å². The van der Waals surface area contributed by atoms with E-state index in [1.54, 1.807) is 0 Å². The van der Waals surface area contributed by atoms with Crippen LogP contribution in [0.1, 0.15) is 31.1 Å². The number of aromatic amines is 1. The number of hydrogen-bond acceptors (Lipinski definition) is 1. The number of nitrogens with one attached hydrogen (secondary N) is 2. The monoisotopic (exact) mass is 202 g/mol. The lowest BCUT2D eigenvalue weighted by Gasteiger charge is -2.20. The van der Waals surface area contributed by atoms with Crippen LogP contribution in [0.2, 0.25) is 0 Å². The minimum atomic E-state index is 0.430. The third kappa shape index (κ3) is 1.65. The molecule has 0 bridgehead atoms. The molecule has 0 saturated heterocycles. The summed E-state index contributed by atoms with van der Waals surface area (Å²) in [6.07, 6.45) is 7.19. The Kier molecular flexibility index (Phi) is 2.78. The van der Waals surface area contributed by atoms with Crippen LogP contribution in [-0.2, 0) is 6.42 Å². The van der Waals surface area contributed by atoms with E-state index in [0.29, 0.717) is 6.04 Å². The molecule has 0 saturated carbocycles. The molecule has 0 aliphatic carbocycles. The molecule has 2 nitrogen and oxygen atoms in total. The first kappa shape index (κ1) is 10.2. The highest BCUT2D eigenvalue weighted by atomic mass is 15.0. The summed E-state index contributed by atoms with van der Waals surface area (Å²) in [7, 11) is 0. The second-order valence-electron chi connectivity index (χ2n) is 3.96. The minimum absolute atomic E-state index is 0.430. The smallest absolute Gasteiger partial charge is 0.0447 e. The quantitative estimate of drug-likeness (QED) is 0.698. The first-order chi connectivity index (χ1) is 7.27. The third-order valence-corrected chi connectivity index (χ3v) is 3.04. The van der Waals surface area contributed by atoms with Gasteiger partial charge in [-0.05, 0) is 32.4 Å². The van der Waals surface area contributed by atoms with Gasteiger partial charge in [-0.15, -0.1) is 0 Å². The average Bonchev–Trinajstić information content (AvgIpc) is 2.59. The topological polar surface area (TPSA) is 27.8 Å². The van der Waals surface area contributed by atoms with Crippen molar-refractivity contribution in [2.75, 3.05) is 6.54 Å². The van der Waals surface area contributed by atoms with Crippen LogP contribution < -0.4 is 15.9 Å². The van der Waals surface area contributed by atoms with E-state index in [9.17, 15) is 0 Å². The molecule has 0 aromatic carbocycles. The lowest BCUT2D eigenvalue weighted by Crippen LogP contribution is -2.30. The molecule has 2 heterocycles. The Bertz CT molecular complexity index is 479. The molecule has 2 heteroatoms. The van der Waals surface area contributed by atoms with Crippen molar-refractivity contribution in [3.8, 4) is 0 Å². The van der Waals surface area contributed by atoms with Crippen molar-refractivity contribution >= 4 is 12.2 Å². The largest absolute Gasteiger partial charge is 0.357 e. The number of H-pyrrole nitrogens is 1. The van der Waals surface area contributed by atoms with E-state index < -0.39 is 0 Å². The molecule has 15 heavy (non-hydrogen) atoms. The lowest BCUT2D eigenvalue weighted by atomic mass is 10.0. The zero-order chi connectivity index (χ0) is 10.8. The lowest BCUT2D eigenvalue weighted by molar-refractivity contribution is 0.530. The fourth-order valence-corrected chi connectivity index (χ4v) is 2.29. The van der Waals surface area contributed by atoms with Gasteiger partial charge in [0.2, 0.25) is 0 Å². The summed E-state index contributed by atoms with van der Waals surface area (Å²) in [6.45, 7) is 9.11. The number of fused-ring (bicyclic) bond motifs is 1. The van der Waals surface area contributed by atoms with Gasteiger partial charge in [-0.25, -0.2) is 0 Å². The third-order valence-electron chi connectivity index (χ3n) is 3.04. The molecule has 1 unspecified atom stereocenters. The molecule has 1 aliphatic heterocycles. The SMILES string of the molecule is C=C/C=c1/c2c([nH]/c1=C/C)C(C)NCC2. The Balaban J connectivity index is 2.74. The van der Waals surface area contributed by atoms with E-state index in [1.165, 1.54) is 21.8 Å². The molecule has 1 aromatic rings. The second-order valence-corrected chi connectivity index (χ2v) is 3.96. The number of hydrogen-bond donors (Lipinski definition) is 2. The van der Waals surface area contributed by atoms with Gasteiger partial charge in [0.05, 0.1) is 0 Å². The fraction of sp³-hybridized carbons (Fsp3) is 0.385. The normalized spacial score (nSPS) is 22.9. The average molecular weight is 202 g/mol. The van der Waals surface area contributed by atoms with E-state index in [-0.39, 0.29) is 0 Å². The molecular weight excluding hydrogens is 184 g/mol. The van der Waals surface area contributed by atoms with Crippen LogP contribution in [0, 0.1) is 0 Å². The maximum Gasteiger partial charge on any atom is 0.0447 e. The highest BCUT2D eigenvalue weighted by Crippen LogP contribution is 2.15. The summed E-state index contributed by atoms with van der Waals surface area (Å²) < 4.78 is 0. The van der Waals surface area contributed by atoms with E-state index in [1.807, 2.05) is 6.08 Å². The highest BCUT2D eigenvalue weighted by Gasteiger charge is 2.18. The van der Waals surface area contributed by atoms with Gasteiger partial charge in [-0.3, -0.25) is 0 Å². The van der Waals surface area contributed by atoms with Gasteiger partial charge in [-0.2, -0.15) is 0 Å². The van der Waals surface area contributed by atoms with Gasteiger partial charge in [0, 0.05) is 22.3 Å². The zero-order valence-corrected chi connectivity index (χ0v) is 9.43. The van der Waals surface area contributed by atoms with Crippen LogP contribution in [0.25, 0.3) is 12.2 Å². The van der Waals surface area contributed by atoms with Crippen molar-refractivity contribution in [2.45, 2.75) is 26.3 Å². The van der Waals surface area contributed by atoms with Gasteiger partial charge in [-0.1, -0.05) is 24.8 Å². The summed E-state index contributed by atoms with van der Waals surface area (Å²) in [5, 5.41) is 5.99. The fourth-order valence-electron chi connectivity index (χ4n) is 2.29. The molecule has 0 amide bonds. The molecule has 0 radical (unpaired) electrons. The number of allylic oxidation sites excluding steroid dienone is 1. The maximum absolute atomic E-state index is 3.78. The second kappa shape index (κ2) is 4.07. The minimum Gasteiger partial charge on any atom is -0.357 e. The van der Waals surface area contributed by atoms with Crippen LogP contribution in [0.5, 0.6) is 0 Å². The van der Waals surface area contributed by atoms with Crippen LogP contribution in [0.15, 0.2) is 12.7 Å². The van der Waals surface area contributed by atoms with Crippen LogP contribution in [0.4, 0.5) is 0 Å². The van der Waals surface area contributed by atoms with Crippen LogP contribution in [-0.4, -0.2) is 11.5 Å². The van der Waals surface area contributed by atoms with Crippen molar-refractivity contribution < 1.29 is 0 Å². The van der Waals surface area contributed by atoms with E-state index in [4.69, 9.17) is 0 Å². The zero-order valence-electron chi connectivity index (χ0n) is 9.43. The molecule has 2 N–H and O–H groups in total. The van der Waals surface area contributed by atoms with E-state index >= 15 is 0 Å². The molecule has 1 aromatic heterocycles. The molecule has 1 aliphatic rings. The van der Waals surface area contributed by atoms with Crippen molar-refractivity contribution in [1.82, 2.24) is 10.3 Å². The molecule has 0 fully saturated rings. The molecule has 1 atom stereocenters. The number of rotatable bonds is 1. The Labute approximate surface area is 90.4 Å². The summed E-state index contributed by atoms with van der Waals surface area (Å²) in [5.74, 6) is 0. The molecule has 80 valence electrons. The van der Waals surface area contributed by atoms with Gasteiger partial charge < -0.3 is 10.3 Å². The first-order valence-electron chi connectivity index (χ1n) is 5.51. The van der Waals surface area contributed by atoms with Gasteiger partial charge in [0.1, 0.15) is 0 Å². The van der Waals surface area contributed by atoms with Gasteiger partial charge in [0.25, 0.3) is 0 Å². The predicted octanol–water partition coefficient (Wildman–Crippen LogP) is 0.988. The van der Waals surface area contributed by atoms with Crippen molar-refractivity contribution in [3.05, 3.63) is 34.5 Å². The molecule has 2 rings (SSSR count). The van der Waals surface area contributed by atoms with Crippen molar-refractivity contribution in [2.24, 2.45) is 0 Å². The maximum atomic E-state index is 3.78. The molecule has 0 spiro atoms. The van der Waals surface area contributed by atoms with Crippen LogP contribution in [0.3, 0.4) is 0 Å². The standard InChI is InChI=1S/C13H18N2/c1-4-6-10-11-7-8-14-9(3)13(11)15-12(10)5-2/h4-6,9,14-15H,1,7-8H2,2-3H3/b10-6-,12-5+. The van der Waals surface area contributed by atoms with Crippen molar-refractivity contribution in [3.63, 3.8) is 0 Å². The predicted molar refractivity (Wildman–Crippen MR) is 65.0 cm³/mol. The Morgan fingerprint density at radius 1 is 1.47 bits per heavy atom. The first-order valence-corrected chi connectivity index (χ1v) is 5.51. The Hall–Kier alpha value is -1.28. The number of aromatic nitrogens is 1. The Morgan fingerprint density at radius 2 is 2.27 bits per heavy atom. The van der Waals surface area contributed by atoms with E-state index in [2.05, 4.69) is 42.9 Å². The summed E-state index contributed by atoms with van der Waals surface area (Å²) in [5.41, 5.74) is 2.79. The molecular formula is C13H18N2. The van der Waals surface area contributed by atoms with Gasteiger partial charge in [0.15, 0.2) is 0 Å². The highest BCUT2D eigenvalue weighted by molar-refractivity contribution is 5.44.